The molecule has 0 rings (SSSR count). The number of hydrogen-bond donors (Lipinski definition) is 1. The zero-order valence-corrected chi connectivity index (χ0v) is 10.5. The van der Waals surface area contributed by atoms with Gasteiger partial charge in [0.05, 0.1) is 6.10 Å². The van der Waals surface area contributed by atoms with E-state index in [0.29, 0.717) is 18.1 Å². The topological polar surface area (TPSA) is 21.3 Å². The SMILES string of the molecule is CCCC(NC)C(CC)OCC(C)C. The minimum Gasteiger partial charge on any atom is -0.376 e. The van der Waals surface area contributed by atoms with Gasteiger partial charge < -0.3 is 10.1 Å². The number of ether oxygens (including phenoxy) is 1. The van der Waals surface area contributed by atoms with Gasteiger partial charge in [-0.15, -0.1) is 0 Å². The van der Waals surface area contributed by atoms with Crippen LogP contribution < -0.4 is 5.32 Å². The Hall–Kier alpha value is -0.0800. The van der Waals surface area contributed by atoms with Gasteiger partial charge in [0.1, 0.15) is 0 Å². The highest BCUT2D eigenvalue weighted by Gasteiger charge is 2.18. The summed E-state index contributed by atoms with van der Waals surface area (Å²) < 4.78 is 5.90. The van der Waals surface area contributed by atoms with Crippen molar-refractivity contribution in [1.82, 2.24) is 5.32 Å². The minimum absolute atomic E-state index is 0.377. The van der Waals surface area contributed by atoms with E-state index in [0.717, 1.165) is 13.0 Å². The largest absolute Gasteiger partial charge is 0.376 e. The summed E-state index contributed by atoms with van der Waals surface area (Å²) in [5, 5.41) is 3.35. The first-order chi connectivity index (χ1) is 6.65. The first kappa shape index (κ1) is 13.9. The monoisotopic (exact) mass is 201 g/mol. The van der Waals surface area contributed by atoms with Gasteiger partial charge in [-0.1, -0.05) is 34.1 Å². The Kier molecular flexibility index (Phi) is 8.20. The molecule has 2 nitrogen and oxygen atoms in total. The molecule has 0 radical (unpaired) electrons. The van der Waals surface area contributed by atoms with Crippen LogP contribution in [0.4, 0.5) is 0 Å². The molecule has 0 aliphatic rings. The van der Waals surface area contributed by atoms with Gasteiger partial charge in [0.15, 0.2) is 0 Å². The van der Waals surface area contributed by atoms with E-state index in [1.165, 1.54) is 12.8 Å². The molecule has 1 N–H and O–H groups in total. The van der Waals surface area contributed by atoms with Gasteiger partial charge >= 0.3 is 0 Å². The lowest BCUT2D eigenvalue weighted by molar-refractivity contribution is 0.00904. The Balaban J connectivity index is 3.94. The van der Waals surface area contributed by atoms with Crippen molar-refractivity contribution in [3.8, 4) is 0 Å². The standard InChI is InChI=1S/C12H27NO/c1-6-8-11(13-5)12(7-2)14-9-10(3)4/h10-13H,6-9H2,1-5H3. The van der Waals surface area contributed by atoms with Crippen molar-refractivity contribution in [2.45, 2.75) is 59.1 Å². The Morgan fingerprint density at radius 2 is 1.86 bits per heavy atom. The molecule has 0 bridgehead atoms. The van der Waals surface area contributed by atoms with Gasteiger partial charge in [0, 0.05) is 12.6 Å². The van der Waals surface area contributed by atoms with Crippen molar-refractivity contribution in [2.24, 2.45) is 5.92 Å². The van der Waals surface area contributed by atoms with Crippen LogP contribution in [0.1, 0.15) is 47.0 Å². The van der Waals surface area contributed by atoms with Crippen LogP contribution in [0.15, 0.2) is 0 Å². The second kappa shape index (κ2) is 8.25. The summed E-state index contributed by atoms with van der Waals surface area (Å²) in [6, 6.07) is 0.517. The fourth-order valence-corrected chi connectivity index (χ4v) is 1.66. The molecule has 0 aliphatic carbocycles. The quantitative estimate of drug-likeness (QED) is 0.652. The minimum atomic E-state index is 0.377. The normalized spacial score (nSPS) is 15.9. The third-order valence-corrected chi connectivity index (χ3v) is 2.47. The molecule has 2 atom stereocenters. The predicted molar refractivity (Wildman–Crippen MR) is 62.6 cm³/mol. The maximum absolute atomic E-state index is 5.90. The van der Waals surface area contributed by atoms with Gasteiger partial charge in [-0.3, -0.25) is 0 Å². The van der Waals surface area contributed by atoms with Crippen molar-refractivity contribution in [3.63, 3.8) is 0 Å². The third kappa shape index (κ3) is 5.61. The molecular weight excluding hydrogens is 174 g/mol. The number of rotatable bonds is 8. The van der Waals surface area contributed by atoms with E-state index >= 15 is 0 Å². The molecule has 2 heteroatoms. The maximum atomic E-state index is 5.90. The summed E-state index contributed by atoms with van der Waals surface area (Å²) in [6.07, 6.45) is 3.89. The van der Waals surface area contributed by atoms with Crippen LogP contribution in [0.2, 0.25) is 0 Å². The third-order valence-electron chi connectivity index (χ3n) is 2.47. The predicted octanol–water partition coefficient (Wildman–Crippen LogP) is 2.83. The Morgan fingerprint density at radius 3 is 2.21 bits per heavy atom. The molecule has 0 saturated heterocycles. The number of nitrogens with one attached hydrogen (secondary N) is 1. The van der Waals surface area contributed by atoms with E-state index in [2.05, 4.69) is 33.0 Å². The van der Waals surface area contributed by atoms with E-state index in [1.54, 1.807) is 0 Å². The maximum Gasteiger partial charge on any atom is 0.0725 e. The smallest absolute Gasteiger partial charge is 0.0725 e. The molecule has 86 valence electrons. The van der Waals surface area contributed by atoms with E-state index < -0.39 is 0 Å². The second-order valence-corrected chi connectivity index (χ2v) is 4.36. The van der Waals surface area contributed by atoms with Gasteiger partial charge in [-0.05, 0) is 25.8 Å². The summed E-state index contributed by atoms with van der Waals surface area (Å²) in [7, 11) is 2.03. The van der Waals surface area contributed by atoms with E-state index in [9.17, 15) is 0 Å². The van der Waals surface area contributed by atoms with E-state index in [-0.39, 0.29) is 0 Å². The van der Waals surface area contributed by atoms with Crippen molar-refractivity contribution >= 4 is 0 Å². The summed E-state index contributed by atoms with van der Waals surface area (Å²) in [4.78, 5) is 0. The van der Waals surface area contributed by atoms with Crippen LogP contribution in [0.5, 0.6) is 0 Å². The average Bonchev–Trinajstić information content (AvgIpc) is 2.16. The Labute approximate surface area is 89.4 Å². The molecule has 0 aliphatic heterocycles. The molecule has 2 unspecified atom stereocenters. The van der Waals surface area contributed by atoms with Crippen molar-refractivity contribution in [3.05, 3.63) is 0 Å². The van der Waals surface area contributed by atoms with Gasteiger partial charge in [-0.2, -0.15) is 0 Å². The first-order valence-corrected chi connectivity index (χ1v) is 5.94. The van der Waals surface area contributed by atoms with Crippen LogP contribution in [0.25, 0.3) is 0 Å². The molecule has 14 heavy (non-hydrogen) atoms. The zero-order chi connectivity index (χ0) is 11.0. The average molecular weight is 201 g/mol. The lowest BCUT2D eigenvalue weighted by Crippen LogP contribution is -2.39. The summed E-state index contributed by atoms with van der Waals surface area (Å²) in [5.41, 5.74) is 0. The highest BCUT2D eigenvalue weighted by Crippen LogP contribution is 2.11. The molecule has 0 spiro atoms. The highest BCUT2D eigenvalue weighted by atomic mass is 16.5. The molecule has 0 saturated carbocycles. The summed E-state index contributed by atoms with van der Waals surface area (Å²) >= 11 is 0. The van der Waals surface area contributed by atoms with E-state index in [1.807, 2.05) is 7.05 Å². The summed E-state index contributed by atoms with van der Waals surface area (Å²) in [5.74, 6) is 0.628. The highest BCUT2D eigenvalue weighted by molar-refractivity contribution is 4.74. The summed E-state index contributed by atoms with van der Waals surface area (Å²) in [6.45, 7) is 9.69. The second-order valence-electron chi connectivity index (χ2n) is 4.36. The molecule has 0 aromatic heterocycles. The van der Waals surface area contributed by atoms with Crippen LogP contribution in [0.3, 0.4) is 0 Å². The molecule has 0 aromatic carbocycles. The number of likely N-dealkylation sites (N-methyl/N-ethyl adjacent to an activating group) is 1. The van der Waals surface area contributed by atoms with Gasteiger partial charge in [-0.25, -0.2) is 0 Å². The van der Waals surface area contributed by atoms with Crippen molar-refractivity contribution < 1.29 is 4.74 Å². The van der Waals surface area contributed by atoms with Crippen LogP contribution in [-0.2, 0) is 4.74 Å². The molecule has 0 heterocycles. The Bertz CT molecular complexity index is 125. The van der Waals surface area contributed by atoms with Crippen molar-refractivity contribution in [2.75, 3.05) is 13.7 Å². The van der Waals surface area contributed by atoms with Crippen molar-refractivity contribution in [1.29, 1.82) is 0 Å². The molecule has 0 fully saturated rings. The van der Waals surface area contributed by atoms with Gasteiger partial charge in [0.25, 0.3) is 0 Å². The fourth-order valence-electron chi connectivity index (χ4n) is 1.66. The van der Waals surface area contributed by atoms with Crippen LogP contribution in [-0.4, -0.2) is 25.8 Å². The Morgan fingerprint density at radius 1 is 1.21 bits per heavy atom. The van der Waals surface area contributed by atoms with Crippen LogP contribution in [0, 0.1) is 5.92 Å². The lowest BCUT2D eigenvalue weighted by atomic mass is 10.0. The zero-order valence-electron chi connectivity index (χ0n) is 10.5. The van der Waals surface area contributed by atoms with Gasteiger partial charge in [0.2, 0.25) is 0 Å². The number of hydrogen-bond acceptors (Lipinski definition) is 2. The molecule has 0 aromatic rings. The molecule has 0 amide bonds. The molecular formula is C12H27NO. The fraction of sp³-hybridized carbons (Fsp3) is 1.00. The lowest BCUT2D eigenvalue weighted by Gasteiger charge is -2.26. The first-order valence-electron chi connectivity index (χ1n) is 5.94. The van der Waals surface area contributed by atoms with E-state index in [4.69, 9.17) is 4.74 Å². The van der Waals surface area contributed by atoms with Crippen LogP contribution >= 0.6 is 0 Å².